The van der Waals surface area contributed by atoms with Crippen LogP contribution in [0.3, 0.4) is 0 Å². The lowest BCUT2D eigenvalue weighted by atomic mass is 10.0. The summed E-state index contributed by atoms with van der Waals surface area (Å²) in [6, 6.07) is -0.623. The lowest BCUT2D eigenvalue weighted by molar-refractivity contribution is -0.143. The van der Waals surface area contributed by atoms with Crippen molar-refractivity contribution in [2.75, 3.05) is 13.2 Å². The molecule has 0 radical (unpaired) electrons. The highest BCUT2D eigenvalue weighted by atomic mass is 16.5. The molecule has 2 atom stereocenters. The lowest BCUT2D eigenvalue weighted by Crippen LogP contribution is -2.45. The number of aliphatic hydroxyl groups excluding tert-OH is 2. The van der Waals surface area contributed by atoms with Gasteiger partial charge in [-0.3, -0.25) is 9.59 Å². The first-order valence-electron chi connectivity index (χ1n) is 39.1. The normalized spacial score (nSPS) is 12.6. The summed E-state index contributed by atoms with van der Waals surface area (Å²) in [7, 11) is 0. The quantitative estimate of drug-likeness (QED) is 0.0320. The van der Waals surface area contributed by atoms with Crippen molar-refractivity contribution in [2.45, 2.75) is 456 Å². The van der Waals surface area contributed by atoms with E-state index in [0.29, 0.717) is 19.4 Å². The summed E-state index contributed by atoms with van der Waals surface area (Å²) < 4.78 is 5.48. The molecule has 0 aliphatic carbocycles. The number of rotatable bonds is 74. The van der Waals surface area contributed by atoms with E-state index < -0.39 is 12.1 Å². The topological polar surface area (TPSA) is 95.9 Å². The number of esters is 1. The van der Waals surface area contributed by atoms with Crippen LogP contribution in [0.2, 0.25) is 0 Å². The maximum atomic E-state index is 12.5. The Morgan fingerprint density at radius 2 is 0.553 bits per heavy atom. The summed E-state index contributed by atoms with van der Waals surface area (Å²) in [6.45, 7) is 4.92. The van der Waals surface area contributed by atoms with Gasteiger partial charge in [0.15, 0.2) is 0 Å². The van der Waals surface area contributed by atoms with Gasteiger partial charge >= 0.3 is 5.97 Å². The Balaban J connectivity index is 3.30. The lowest BCUT2D eigenvalue weighted by Gasteiger charge is -2.20. The summed E-state index contributed by atoms with van der Waals surface area (Å²) >= 11 is 0. The molecular weight excluding hydrogens is 1040 g/mol. The van der Waals surface area contributed by atoms with Crippen molar-refractivity contribution >= 4 is 11.9 Å². The van der Waals surface area contributed by atoms with Gasteiger partial charge in [-0.05, 0) is 57.8 Å². The average Bonchev–Trinajstić information content (AvgIpc) is 3.51. The van der Waals surface area contributed by atoms with Gasteiger partial charge in [0.1, 0.15) is 0 Å². The molecule has 6 heteroatoms. The second-order valence-corrected chi connectivity index (χ2v) is 27.0. The predicted octanol–water partition coefficient (Wildman–Crippen LogP) is 25.7. The molecule has 0 fully saturated rings. The van der Waals surface area contributed by atoms with Gasteiger partial charge in [-0.15, -0.1) is 0 Å². The molecule has 0 aromatic heterocycles. The second-order valence-electron chi connectivity index (χ2n) is 27.0. The maximum absolute atomic E-state index is 12.5. The van der Waals surface area contributed by atoms with Crippen molar-refractivity contribution in [3.63, 3.8) is 0 Å². The van der Waals surface area contributed by atoms with Crippen molar-refractivity contribution < 1.29 is 24.5 Å². The number of allylic oxidation sites excluding steroid dienone is 3. The molecule has 1 amide bonds. The number of carbonyl (C=O) groups excluding carboxylic acids is 2. The van der Waals surface area contributed by atoms with Crippen molar-refractivity contribution in [3.8, 4) is 0 Å². The first-order valence-corrected chi connectivity index (χ1v) is 39.1. The minimum atomic E-state index is -0.840. The Morgan fingerprint density at radius 3 is 0.859 bits per heavy atom. The summed E-state index contributed by atoms with van der Waals surface area (Å²) in [5.74, 6) is -0.0437. The van der Waals surface area contributed by atoms with Gasteiger partial charge in [0.05, 0.1) is 25.4 Å². The van der Waals surface area contributed by atoms with E-state index >= 15 is 0 Å². The first kappa shape index (κ1) is 83.3. The highest BCUT2D eigenvalue weighted by Gasteiger charge is 2.18. The molecular formula is C79H153NO5. The van der Waals surface area contributed by atoms with Gasteiger partial charge in [-0.25, -0.2) is 0 Å². The molecule has 0 aromatic carbocycles. The van der Waals surface area contributed by atoms with Crippen LogP contribution in [0.5, 0.6) is 0 Å². The molecule has 0 saturated heterocycles. The fraction of sp³-hybridized carbons (Fsp3) is 0.924. The molecule has 0 saturated carbocycles. The van der Waals surface area contributed by atoms with Gasteiger partial charge < -0.3 is 20.3 Å². The zero-order valence-corrected chi connectivity index (χ0v) is 57.9. The Bertz CT molecular complexity index is 1330. The van der Waals surface area contributed by atoms with Crippen LogP contribution in [-0.4, -0.2) is 47.4 Å². The van der Waals surface area contributed by atoms with E-state index in [-0.39, 0.29) is 18.5 Å². The molecule has 0 aliphatic heterocycles. The average molecular weight is 1200 g/mol. The Hall–Kier alpha value is -1.66. The van der Waals surface area contributed by atoms with E-state index in [1.165, 1.54) is 372 Å². The number of carbonyl (C=O) groups is 2. The molecule has 0 rings (SSSR count). The number of aliphatic hydroxyl groups is 2. The standard InChI is InChI=1S/C79H153NO5/c1-3-5-7-9-11-13-15-17-18-42-45-48-51-55-59-63-67-71-77(82)76(75-81)80-78(83)72-68-64-60-56-52-49-46-43-40-38-36-34-32-30-28-26-24-22-20-19-21-23-25-27-29-31-33-35-37-39-41-44-47-50-54-58-62-66-70-74-85-79(84)73-69-65-61-57-53-16-14-12-10-8-6-4-2/h12,14,67,71,76-77,81-82H,3-11,13,15-66,68-70,72-75H2,1-2H3,(H,80,83)/b14-12-,71-67+. The molecule has 0 aromatic rings. The second kappa shape index (κ2) is 74.8. The summed E-state index contributed by atoms with van der Waals surface area (Å²) in [5, 5.41) is 23.2. The fourth-order valence-electron chi connectivity index (χ4n) is 12.5. The third-order valence-corrected chi connectivity index (χ3v) is 18.5. The zero-order valence-electron chi connectivity index (χ0n) is 57.9. The van der Waals surface area contributed by atoms with Crippen LogP contribution in [0.15, 0.2) is 24.3 Å². The summed E-state index contributed by atoms with van der Waals surface area (Å²) in [4.78, 5) is 24.5. The molecule has 0 heterocycles. The van der Waals surface area contributed by atoms with E-state index in [4.69, 9.17) is 4.74 Å². The smallest absolute Gasteiger partial charge is 0.305 e. The molecule has 6 nitrogen and oxygen atoms in total. The third kappa shape index (κ3) is 71.3. The van der Waals surface area contributed by atoms with Crippen LogP contribution >= 0.6 is 0 Å². The highest BCUT2D eigenvalue weighted by molar-refractivity contribution is 5.76. The SMILES string of the molecule is CCCCC/C=C\CCCCCCCC(=O)OCCCCCCCCCCCCCCCCCCCCCCCCCCCCCCCCCCCCCCCCCC(=O)NC(CO)C(O)/C=C/CCCCCCCCCCCCCCCCC. The molecule has 0 bridgehead atoms. The number of amides is 1. The van der Waals surface area contributed by atoms with E-state index in [2.05, 4.69) is 31.3 Å². The largest absolute Gasteiger partial charge is 0.466 e. The Labute approximate surface area is 532 Å². The molecule has 0 spiro atoms. The Kier molecular flexibility index (Phi) is 73.3. The molecule has 504 valence electrons. The van der Waals surface area contributed by atoms with Gasteiger partial charge in [-0.2, -0.15) is 0 Å². The van der Waals surface area contributed by atoms with Gasteiger partial charge in [0.2, 0.25) is 5.91 Å². The number of unbranched alkanes of at least 4 members (excludes halogenated alkanes) is 61. The third-order valence-electron chi connectivity index (χ3n) is 18.5. The molecule has 85 heavy (non-hydrogen) atoms. The highest BCUT2D eigenvalue weighted by Crippen LogP contribution is 2.20. The minimum absolute atomic E-state index is 0.0144. The van der Waals surface area contributed by atoms with Crippen molar-refractivity contribution in [2.24, 2.45) is 0 Å². The number of ether oxygens (including phenoxy) is 1. The molecule has 0 aliphatic rings. The van der Waals surface area contributed by atoms with E-state index in [1.807, 2.05) is 6.08 Å². The molecule has 3 N–H and O–H groups in total. The summed E-state index contributed by atoms with van der Waals surface area (Å²) in [5.41, 5.74) is 0. The van der Waals surface area contributed by atoms with Crippen LogP contribution in [-0.2, 0) is 14.3 Å². The van der Waals surface area contributed by atoms with Crippen LogP contribution in [0, 0.1) is 0 Å². The van der Waals surface area contributed by atoms with Gasteiger partial charge in [0, 0.05) is 12.8 Å². The number of hydrogen-bond donors (Lipinski definition) is 3. The number of hydrogen-bond acceptors (Lipinski definition) is 5. The van der Waals surface area contributed by atoms with E-state index in [0.717, 1.165) is 44.9 Å². The van der Waals surface area contributed by atoms with Gasteiger partial charge in [0.25, 0.3) is 0 Å². The fourth-order valence-corrected chi connectivity index (χ4v) is 12.5. The van der Waals surface area contributed by atoms with Crippen molar-refractivity contribution in [3.05, 3.63) is 24.3 Å². The van der Waals surface area contributed by atoms with Crippen molar-refractivity contribution in [1.82, 2.24) is 5.32 Å². The minimum Gasteiger partial charge on any atom is -0.466 e. The van der Waals surface area contributed by atoms with Crippen LogP contribution < -0.4 is 5.32 Å². The first-order chi connectivity index (χ1) is 42.0. The Morgan fingerprint density at radius 1 is 0.318 bits per heavy atom. The van der Waals surface area contributed by atoms with Crippen LogP contribution in [0.1, 0.15) is 444 Å². The predicted molar refractivity (Wildman–Crippen MR) is 375 cm³/mol. The van der Waals surface area contributed by atoms with E-state index in [1.54, 1.807) is 6.08 Å². The molecule has 2 unspecified atom stereocenters. The van der Waals surface area contributed by atoms with Crippen molar-refractivity contribution in [1.29, 1.82) is 0 Å². The van der Waals surface area contributed by atoms with Crippen LogP contribution in [0.4, 0.5) is 0 Å². The monoisotopic (exact) mass is 1200 g/mol. The van der Waals surface area contributed by atoms with Crippen LogP contribution in [0.25, 0.3) is 0 Å². The summed E-state index contributed by atoms with van der Waals surface area (Å²) in [6.07, 6.45) is 96.0. The van der Waals surface area contributed by atoms with E-state index in [9.17, 15) is 19.8 Å². The zero-order chi connectivity index (χ0) is 61.3. The maximum Gasteiger partial charge on any atom is 0.305 e. The number of nitrogens with one attached hydrogen (secondary N) is 1. The van der Waals surface area contributed by atoms with Gasteiger partial charge in [-0.1, -0.05) is 398 Å².